The molecule has 42 heavy (non-hydrogen) atoms. The van der Waals surface area contributed by atoms with Crippen LogP contribution in [0.3, 0.4) is 0 Å². The van der Waals surface area contributed by atoms with E-state index >= 15 is 0 Å². The summed E-state index contributed by atoms with van der Waals surface area (Å²) in [4.78, 5) is 38.0. The molecule has 1 aliphatic carbocycles. The Bertz CT molecular complexity index is 1390. The van der Waals surface area contributed by atoms with Gasteiger partial charge in [0.1, 0.15) is 5.82 Å². The molecule has 0 saturated carbocycles. The van der Waals surface area contributed by atoms with Gasteiger partial charge in [-0.2, -0.15) is 0 Å². The fourth-order valence-electron chi connectivity index (χ4n) is 4.94. The van der Waals surface area contributed by atoms with Gasteiger partial charge < -0.3 is 20.4 Å². The van der Waals surface area contributed by atoms with Gasteiger partial charge in [0.15, 0.2) is 0 Å². The molecule has 2 aromatic rings. The molecule has 3 aliphatic rings. The van der Waals surface area contributed by atoms with Crippen LogP contribution in [0, 0.1) is 5.82 Å². The minimum Gasteiger partial charge on any atom is -0.478 e. The van der Waals surface area contributed by atoms with Crippen molar-refractivity contribution in [2.45, 2.75) is 25.0 Å². The summed E-state index contributed by atoms with van der Waals surface area (Å²) in [6.07, 6.45) is 9.74. The van der Waals surface area contributed by atoms with E-state index in [0.717, 1.165) is 68.3 Å². The third kappa shape index (κ3) is 8.92. The van der Waals surface area contributed by atoms with Gasteiger partial charge in [0.25, 0.3) is 0 Å². The molecule has 0 spiro atoms. The SMILES string of the molecule is O=C(CCCN1CCN(c2ccc(F)cc2)CC1)NC1=C2CC=CC=C2SCc2ccccc21.O=C(O)/C=C\C(=O)O. The number of nitrogens with zero attached hydrogens (tertiary/aromatic N) is 2. The van der Waals surface area contributed by atoms with Gasteiger partial charge in [0.05, 0.1) is 5.70 Å². The van der Waals surface area contributed by atoms with Crippen molar-refractivity contribution in [2.75, 3.05) is 37.6 Å². The number of fused-ring (bicyclic) bond motifs is 2. The number of carboxylic acids is 2. The highest BCUT2D eigenvalue weighted by Crippen LogP contribution is 2.41. The van der Waals surface area contributed by atoms with Gasteiger partial charge in [-0.25, -0.2) is 14.0 Å². The summed E-state index contributed by atoms with van der Waals surface area (Å²) in [6, 6.07) is 15.1. The number of aliphatic carboxylic acids is 2. The van der Waals surface area contributed by atoms with E-state index in [0.29, 0.717) is 18.6 Å². The number of anilines is 1. The molecule has 0 radical (unpaired) electrons. The first-order valence-electron chi connectivity index (χ1n) is 13.8. The topological polar surface area (TPSA) is 110 Å². The summed E-state index contributed by atoms with van der Waals surface area (Å²) in [5, 5.41) is 18.9. The van der Waals surface area contributed by atoms with Crippen LogP contribution in [-0.4, -0.2) is 65.7 Å². The minimum atomic E-state index is -1.26. The van der Waals surface area contributed by atoms with Crippen LogP contribution in [0.5, 0.6) is 0 Å². The third-order valence-corrected chi connectivity index (χ3v) is 8.20. The van der Waals surface area contributed by atoms with E-state index in [1.54, 1.807) is 0 Å². The molecular weight excluding hydrogens is 557 g/mol. The predicted octanol–water partition coefficient (Wildman–Crippen LogP) is 5.06. The highest BCUT2D eigenvalue weighted by atomic mass is 32.2. The van der Waals surface area contributed by atoms with Crippen LogP contribution in [0.2, 0.25) is 0 Å². The van der Waals surface area contributed by atoms with Crippen molar-refractivity contribution < 1.29 is 29.0 Å². The van der Waals surface area contributed by atoms with E-state index in [-0.39, 0.29) is 11.7 Å². The monoisotopic (exact) mass is 591 g/mol. The molecule has 0 atom stereocenters. The first kappa shape index (κ1) is 30.8. The number of carboxylic acid groups (broad SMARTS) is 2. The maximum Gasteiger partial charge on any atom is 0.328 e. The van der Waals surface area contributed by atoms with Crippen LogP contribution in [0.25, 0.3) is 5.70 Å². The van der Waals surface area contributed by atoms with E-state index < -0.39 is 11.9 Å². The van der Waals surface area contributed by atoms with Gasteiger partial charge >= 0.3 is 11.9 Å². The first-order chi connectivity index (χ1) is 20.3. The van der Waals surface area contributed by atoms with E-state index in [2.05, 4.69) is 57.6 Å². The van der Waals surface area contributed by atoms with Gasteiger partial charge in [-0.15, -0.1) is 11.8 Å². The standard InChI is InChI=1S/C28H30FN3OS.C4H4O4/c29-22-11-13-23(14-12-22)32-18-16-31(17-19-32)15-5-10-27(33)30-28-24-7-2-1-6-21(24)20-34-26-9-4-3-8-25(26)28;5-3(6)1-2-4(7)8/h1-4,6-7,9,11-14H,5,8,10,15-20H2,(H,30,33);1-2H,(H,5,6)(H,7,8)/b;2-1-. The predicted molar refractivity (Wildman–Crippen MR) is 163 cm³/mol. The molecule has 1 saturated heterocycles. The summed E-state index contributed by atoms with van der Waals surface area (Å²) in [6.45, 7) is 4.67. The third-order valence-electron chi connectivity index (χ3n) is 7.05. The average molecular weight is 592 g/mol. The molecule has 1 amide bonds. The normalized spacial score (nSPS) is 16.5. The maximum atomic E-state index is 13.2. The van der Waals surface area contributed by atoms with E-state index in [1.165, 1.54) is 28.2 Å². The molecule has 2 aliphatic heterocycles. The number of hydrogen-bond donors (Lipinski definition) is 3. The van der Waals surface area contributed by atoms with E-state index in [1.807, 2.05) is 23.9 Å². The van der Waals surface area contributed by atoms with Crippen molar-refractivity contribution >= 4 is 41.0 Å². The Labute approximate surface area is 248 Å². The number of piperazine rings is 1. The van der Waals surface area contributed by atoms with Crippen LogP contribution >= 0.6 is 11.8 Å². The number of carbonyl (C=O) groups excluding carboxylic acids is 1. The second-order valence-corrected chi connectivity index (χ2v) is 10.9. The number of amides is 1. The molecule has 0 bridgehead atoms. The lowest BCUT2D eigenvalue weighted by atomic mass is 9.97. The second kappa shape index (κ2) is 15.2. The van der Waals surface area contributed by atoms with Crippen LogP contribution in [0.15, 0.2) is 89.4 Å². The van der Waals surface area contributed by atoms with Gasteiger partial charge in [0.2, 0.25) is 5.91 Å². The molecule has 0 aromatic heterocycles. The zero-order chi connectivity index (χ0) is 29.9. The largest absolute Gasteiger partial charge is 0.478 e. The molecule has 10 heteroatoms. The number of hydrogen-bond acceptors (Lipinski definition) is 6. The Kier molecular flexibility index (Phi) is 11.1. The Morgan fingerprint density at radius 1 is 0.952 bits per heavy atom. The van der Waals surface area contributed by atoms with Gasteiger partial charge in [-0.3, -0.25) is 9.69 Å². The highest BCUT2D eigenvalue weighted by molar-refractivity contribution is 8.02. The molecule has 2 heterocycles. The number of benzene rings is 2. The molecule has 5 rings (SSSR count). The lowest BCUT2D eigenvalue weighted by Gasteiger charge is -2.36. The maximum absolute atomic E-state index is 13.2. The second-order valence-electron chi connectivity index (χ2n) is 9.93. The summed E-state index contributed by atoms with van der Waals surface area (Å²) in [7, 11) is 0. The number of nitrogens with one attached hydrogen (secondary N) is 1. The van der Waals surface area contributed by atoms with Crippen molar-refractivity contribution in [3.05, 3.63) is 106 Å². The molecule has 3 N–H and O–H groups in total. The lowest BCUT2D eigenvalue weighted by Crippen LogP contribution is -2.46. The molecular formula is C32H34FN3O5S. The Morgan fingerprint density at radius 3 is 2.33 bits per heavy atom. The van der Waals surface area contributed by atoms with Gasteiger partial charge in [-0.05, 0) is 60.9 Å². The fourth-order valence-corrected chi connectivity index (χ4v) is 6.04. The zero-order valence-electron chi connectivity index (χ0n) is 23.2. The van der Waals surface area contributed by atoms with Crippen molar-refractivity contribution in [1.82, 2.24) is 10.2 Å². The van der Waals surface area contributed by atoms with Crippen molar-refractivity contribution in [1.29, 1.82) is 0 Å². The van der Waals surface area contributed by atoms with Crippen LogP contribution in [-0.2, 0) is 20.1 Å². The van der Waals surface area contributed by atoms with Gasteiger partial charge in [0, 0.05) is 66.7 Å². The highest BCUT2D eigenvalue weighted by Gasteiger charge is 2.23. The smallest absolute Gasteiger partial charge is 0.328 e. The van der Waals surface area contributed by atoms with Crippen molar-refractivity contribution in [3.63, 3.8) is 0 Å². The van der Waals surface area contributed by atoms with Gasteiger partial charge in [-0.1, -0.05) is 36.4 Å². The van der Waals surface area contributed by atoms with Crippen molar-refractivity contribution in [2.24, 2.45) is 0 Å². The lowest BCUT2D eigenvalue weighted by molar-refractivity contribution is -0.134. The average Bonchev–Trinajstić information content (AvgIpc) is 3.14. The number of carbonyl (C=O) groups is 3. The van der Waals surface area contributed by atoms with Crippen LogP contribution in [0.1, 0.15) is 30.4 Å². The summed E-state index contributed by atoms with van der Waals surface area (Å²) >= 11 is 1.85. The summed E-state index contributed by atoms with van der Waals surface area (Å²) in [5.41, 5.74) is 5.69. The zero-order valence-corrected chi connectivity index (χ0v) is 24.0. The number of allylic oxidation sites excluding steroid dienone is 4. The molecule has 1 fully saturated rings. The van der Waals surface area contributed by atoms with Crippen LogP contribution < -0.4 is 10.2 Å². The molecule has 0 unspecified atom stereocenters. The molecule has 8 nitrogen and oxygen atoms in total. The minimum absolute atomic E-state index is 0.0862. The van der Waals surface area contributed by atoms with E-state index in [9.17, 15) is 18.8 Å². The fraction of sp³-hybridized carbons (Fsp3) is 0.281. The Hall–Kier alpha value is -4.15. The quantitative estimate of drug-likeness (QED) is 0.366. The first-order valence-corrected chi connectivity index (χ1v) is 14.8. The number of halogens is 1. The summed E-state index contributed by atoms with van der Waals surface area (Å²) < 4.78 is 13.2. The Balaban J connectivity index is 0.000000446. The molecule has 2 aromatic carbocycles. The van der Waals surface area contributed by atoms with Crippen LogP contribution in [0.4, 0.5) is 10.1 Å². The number of thioether (sulfide) groups is 1. The molecule has 220 valence electrons. The van der Waals surface area contributed by atoms with E-state index in [4.69, 9.17) is 10.2 Å². The number of rotatable bonds is 8. The van der Waals surface area contributed by atoms with Crippen molar-refractivity contribution in [3.8, 4) is 0 Å². The summed E-state index contributed by atoms with van der Waals surface area (Å²) in [5.74, 6) is -1.71. The Morgan fingerprint density at radius 2 is 1.64 bits per heavy atom.